The average molecular weight is 388 g/mol. The van der Waals surface area contributed by atoms with Gasteiger partial charge in [0.05, 0.1) is 25.5 Å². The van der Waals surface area contributed by atoms with Crippen LogP contribution in [-0.2, 0) is 22.6 Å². The first-order valence-electron chi connectivity index (χ1n) is 8.98. The van der Waals surface area contributed by atoms with E-state index in [1.54, 1.807) is 0 Å². The summed E-state index contributed by atoms with van der Waals surface area (Å²) in [4.78, 5) is 14.6. The number of aromatic nitrogens is 3. The number of nitrogens with zero attached hydrogens (tertiary/aromatic N) is 4. The third kappa shape index (κ3) is 5.41. The third-order valence-corrected chi connectivity index (χ3v) is 5.29. The minimum atomic E-state index is -0.0582. The van der Waals surface area contributed by atoms with Crippen LogP contribution in [0, 0.1) is 6.92 Å². The molecule has 0 aliphatic carbocycles. The van der Waals surface area contributed by atoms with Crippen LogP contribution in [0.15, 0.2) is 42.1 Å². The summed E-state index contributed by atoms with van der Waals surface area (Å²) in [6.45, 7) is 10.4. The second-order valence-corrected chi connectivity index (χ2v) is 7.28. The molecule has 0 saturated carbocycles. The predicted molar refractivity (Wildman–Crippen MR) is 107 cm³/mol. The molecule has 1 saturated heterocycles. The third-order valence-electron chi connectivity index (χ3n) is 4.33. The Morgan fingerprint density at radius 3 is 2.85 bits per heavy atom. The summed E-state index contributed by atoms with van der Waals surface area (Å²) in [7, 11) is 0. The fourth-order valence-corrected chi connectivity index (χ4v) is 3.61. The number of allylic oxidation sites excluding steroid dienone is 1. The van der Waals surface area contributed by atoms with Gasteiger partial charge in [0.25, 0.3) is 0 Å². The summed E-state index contributed by atoms with van der Waals surface area (Å²) in [5, 5.41) is 12.3. The molecule has 0 bridgehead atoms. The Bertz CT molecular complexity index is 786. The molecular formula is C19H25N5O2S. The van der Waals surface area contributed by atoms with Crippen LogP contribution in [0.3, 0.4) is 0 Å². The molecule has 8 heteroatoms. The maximum absolute atomic E-state index is 12.3. The van der Waals surface area contributed by atoms with E-state index in [1.165, 1.54) is 11.8 Å². The highest BCUT2D eigenvalue weighted by molar-refractivity contribution is 7.99. The number of benzene rings is 1. The van der Waals surface area contributed by atoms with Gasteiger partial charge in [0.2, 0.25) is 5.91 Å². The van der Waals surface area contributed by atoms with Gasteiger partial charge in [-0.15, -0.1) is 16.8 Å². The second kappa shape index (κ2) is 9.68. The lowest BCUT2D eigenvalue weighted by Gasteiger charge is -2.26. The van der Waals surface area contributed by atoms with Crippen LogP contribution in [-0.4, -0.2) is 57.6 Å². The molecule has 1 aliphatic heterocycles. The second-order valence-electron chi connectivity index (χ2n) is 6.34. The Morgan fingerprint density at radius 2 is 2.11 bits per heavy atom. The number of nitrogens with one attached hydrogen (secondary N) is 1. The highest BCUT2D eigenvalue weighted by Gasteiger charge is 2.18. The molecule has 144 valence electrons. The van der Waals surface area contributed by atoms with Crippen molar-refractivity contribution in [1.82, 2.24) is 19.7 Å². The standard InChI is InChI=1S/C19H25N5O2S/c1-3-8-24-17(13-23-9-11-26-12-10-23)21-22-19(24)27-14-18(25)20-16-7-5-4-6-15(16)2/h3-7H,1,8-14H2,2H3,(H,20,25). The SMILES string of the molecule is C=CCn1c(CN2CCOCC2)nnc1SCC(=O)Nc1ccccc1C. The van der Waals surface area contributed by atoms with Crippen molar-refractivity contribution in [1.29, 1.82) is 0 Å². The van der Waals surface area contributed by atoms with Crippen molar-refractivity contribution in [3.05, 3.63) is 48.3 Å². The number of hydrogen-bond donors (Lipinski definition) is 1. The lowest BCUT2D eigenvalue weighted by Crippen LogP contribution is -2.36. The van der Waals surface area contributed by atoms with E-state index in [-0.39, 0.29) is 11.7 Å². The van der Waals surface area contributed by atoms with Gasteiger partial charge in [-0.25, -0.2) is 0 Å². The van der Waals surface area contributed by atoms with E-state index in [1.807, 2.05) is 41.8 Å². The average Bonchev–Trinajstić information content (AvgIpc) is 3.05. The van der Waals surface area contributed by atoms with Gasteiger partial charge >= 0.3 is 0 Å². The van der Waals surface area contributed by atoms with Crippen LogP contribution in [0.1, 0.15) is 11.4 Å². The summed E-state index contributed by atoms with van der Waals surface area (Å²) in [5.74, 6) is 1.11. The van der Waals surface area contributed by atoms with Crippen molar-refractivity contribution in [2.45, 2.75) is 25.2 Å². The van der Waals surface area contributed by atoms with Crippen LogP contribution in [0.25, 0.3) is 0 Å². The van der Waals surface area contributed by atoms with Gasteiger partial charge in [-0.3, -0.25) is 9.69 Å². The fraction of sp³-hybridized carbons (Fsp3) is 0.421. The van der Waals surface area contributed by atoms with E-state index in [0.717, 1.165) is 55.1 Å². The molecule has 0 radical (unpaired) electrons. The summed E-state index contributed by atoms with van der Waals surface area (Å²) in [6.07, 6.45) is 1.82. The van der Waals surface area contributed by atoms with Crippen LogP contribution in [0.2, 0.25) is 0 Å². The zero-order valence-corrected chi connectivity index (χ0v) is 16.4. The maximum Gasteiger partial charge on any atom is 0.234 e. The molecule has 1 fully saturated rings. The first-order chi connectivity index (χ1) is 13.2. The van der Waals surface area contributed by atoms with E-state index in [0.29, 0.717) is 6.54 Å². The molecule has 2 heterocycles. The Balaban J connectivity index is 1.61. The summed E-state index contributed by atoms with van der Waals surface area (Å²) in [5.41, 5.74) is 1.88. The molecule has 1 aromatic carbocycles. The highest BCUT2D eigenvalue weighted by Crippen LogP contribution is 2.20. The Hall–Kier alpha value is -2.16. The molecule has 0 unspecified atom stereocenters. The van der Waals surface area contributed by atoms with Crippen molar-refractivity contribution in [3.63, 3.8) is 0 Å². The van der Waals surface area contributed by atoms with E-state index >= 15 is 0 Å². The Labute approximate surface area is 163 Å². The molecule has 3 rings (SSSR count). The van der Waals surface area contributed by atoms with Gasteiger partial charge in [0.1, 0.15) is 5.82 Å². The van der Waals surface area contributed by atoms with Crippen molar-refractivity contribution in [3.8, 4) is 0 Å². The summed E-state index contributed by atoms with van der Waals surface area (Å²) >= 11 is 1.39. The molecule has 7 nitrogen and oxygen atoms in total. The van der Waals surface area contributed by atoms with E-state index in [9.17, 15) is 4.79 Å². The summed E-state index contributed by atoms with van der Waals surface area (Å²) in [6, 6.07) is 7.74. The smallest absolute Gasteiger partial charge is 0.234 e. The molecular weight excluding hydrogens is 362 g/mol. The highest BCUT2D eigenvalue weighted by atomic mass is 32.2. The molecule has 0 spiro atoms. The molecule has 2 aromatic rings. The van der Waals surface area contributed by atoms with Gasteiger partial charge in [-0.2, -0.15) is 0 Å². The van der Waals surface area contributed by atoms with Gasteiger partial charge < -0.3 is 14.6 Å². The van der Waals surface area contributed by atoms with Gasteiger partial charge in [-0.1, -0.05) is 36.0 Å². The van der Waals surface area contributed by atoms with E-state index in [4.69, 9.17) is 4.74 Å². The Morgan fingerprint density at radius 1 is 1.33 bits per heavy atom. The van der Waals surface area contributed by atoms with Crippen molar-refractivity contribution < 1.29 is 9.53 Å². The summed E-state index contributed by atoms with van der Waals surface area (Å²) < 4.78 is 7.42. The number of carbonyl (C=O) groups excluding carboxylic acids is 1. The minimum absolute atomic E-state index is 0.0582. The van der Waals surface area contributed by atoms with Gasteiger partial charge in [0.15, 0.2) is 5.16 Å². The van der Waals surface area contributed by atoms with Crippen molar-refractivity contribution in [2.75, 3.05) is 37.4 Å². The number of hydrogen-bond acceptors (Lipinski definition) is 6. The first kappa shape index (κ1) is 19.6. The van der Waals surface area contributed by atoms with Gasteiger partial charge in [0, 0.05) is 25.3 Å². The van der Waals surface area contributed by atoms with Crippen LogP contribution < -0.4 is 5.32 Å². The van der Waals surface area contributed by atoms with Crippen molar-refractivity contribution in [2.24, 2.45) is 0 Å². The number of aryl methyl sites for hydroxylation is 1. The molecule has 0 atom stereocenters. The first-order valence-corrected chi connectivity index (χ1v) is 9.97. The minimum Gasteiger partial charge on any atom is -0.379 e. The molecule has 1 N–H and O–H groups in total. The van der Waals surface area contributed by atoms with Crippen LogP contribution in [0.5, 0.6) is 0 Å². The van der Waals surface area contributed by atoms with Crippen LogP contribution >= 0.6 is 11.8 Å². The molecule has 27 heavy (non-hydrogen) atoms. The number of morpholine rings is 1. The monoisotopic (exact) mass is 387 g/mol. The lowest BCUT2D eigenvalue weighted by atomic mass is 10.2. The molecule has 1 amide bonds. The van der Waals surface area contributed by atoms with E-state index in [2.05, 4.69) is 27.0 Å². The largest absolute Gasteiger partial charge is 0.379 e. The number of amides is 1. The van der Waals surface area contributed by atoms with Gasteiger partial charge in [-0.05, 0) is 18.6 Å². The van der Waals surface area contributed by atoms with Crippen LogP contribution in [0.4, 0.5) is 5.69 Å². The quantitative estimate of drug-likeness (QED) is 0.554. The number of rotatable bonds is 8. The topological polar surface area (TPSA) is 72.3 Å². The predicted octanol–water partition coefficient (Wildman–Crippen LogP) is 2.34. The number of ether oxygens (including phenoxy) is 1. The lowest BCUT2D eigenvalue weighted by molar-refractivity contribution is -0.113. The number of para-hydroxylation sites is 1. The zero-order valence-electron chi connectivity index (χ0n) is 15.6. The van der Waals surface area contributed by atoms with E-state index < -0.39 is 0 Å². The fourth-order valence-electron chi connectivity index (χ4n) is 2.84. The maximum atomic E-state index is 12.3. The molecule has 1 aromatic heterocycles. The number of thioether (sulfide) groups is 1. The normalized spacial score (nSPS) is 14.9. The number of carbonyl (C=O) groups is 1. The number of anilines is 1. The van der Waals surface area contributed by atoms with Crippen molar-refractivity contribution >= 4 is 23.4 Å². The molecule has 1 aliphatic rings. The Kier molecular flexibility index (Phi) is 7.03. The zero-order chi connectivity index (χ0) is 19.1.